The fourth-order valence-corrected chi connectivity index (χ4v) is 2.25. The molecule has 1 unspecified atom stereocenters. The summed E-state index contributed by atoms with van der Waals surface area (Å²) in [7, 11) is 1.74. The minimum absolute atomic E-state index is 0.0636. The molecule has 0 aliphatic carbocycles. The molecule has 0 saturated carbocycles. The molecule has 0 spiro atoms. The first-order valence-corrected chi connectivity index (χ1v) is 8.34. The number of ether oxygens (including phenoxy) is 1. The van der Waals surface area contributed by atoms with Gasteiger partial charge in [0, 0.05) is 33.2 Å². The number of aromatic nitrogens is 3. The summed E-state index contributed by atoms with van der Waals surface area (Å²) in [4.78, 5) is 4.64. The maximum atomic E-state index is 5.55. The first-order chi connectivity index (χ1) is 10.9. The van der Waals surface area contributed by atoms with Crippen LogP contribution in [0.3, 0.4) is 0 Å². The molecule has 23 heavy (non-hydrogen) atoms. The molecule has 1 aromatic heterocycles. The monoisotopic (exact) mass is 324 g/mol. The summed E-state index contributed by atoms with van der Waals surface area (Å²) in [5.41, 5.74) is 0.0636. The zero-order chi connectivity index (χ0) is 17.3. The number of rotatable bonds is 8. The minimum atomic E-state index is 0.0636. The van der Waals surface area contributed by atoms with E-state index >= 15 is 0 Å². The highest BCUT2D eigenvalue weighted by Crippen LogP contribution is 2.21. The second-order valence-corrected chi connectivity index (χ2v) is 6.53. The summed E-state index contributed by atoms with van der Waals surface area (Å²) in [5, 5.41) is 14.6. The second kappa shape index (κ2) is 9.50. The van der Waals surface area contributed by atoms with Gasteiger partial charge in [-0.25, -0.2) is 0 Å². The zero-order valence-electron chi connectivity index (χ0n) is 15.4. The lowest BCUT2D eigenvalue weighted by Gasteiger charge is -2.28. The van der Waals surface area contributed by atoms with E-state index in [1.54, 1.807) is 13.4 Å². The van der Waals surface area contributed by atoms with Crippen LogP contribution < -0.4 is 10.6 Å². The molecule has 0 aliphatic rings. The molecule has 1 heterocycles. The number of methoxy groups -OCH3 is 1. The summed E-state index contributed by atoms with van der Waals surface area (Å²) < 4.78 is 7.61. The van der Waals surface area contributed by atoms with Crippen LogP contribution in [0.15, 0.2) is 11.3 Å². The molecule has 0 amide bonds. The largest absolute Gasteiger partial charge is 0.379 e. The van der Waals surface area contributed by atoms with Crippen LogP contribution >= 0.6 is 0 Å². The van der Waals surface area contributed by atoms with Gasteiger partial charge in [0.1, 0.15) is 12.2 Å². The van der Waals surface area contributed by atoms with Gasteiger partial charge in [0.25, 0.3) is 0 Å². The smallest absolute Gasteiger partial charge is 0.191 e. The molecule has 7 nitrogen and oxygen atoms in total. The molecular formula is C16H32N6O. The van der Waals surface area contributed by atoms with E-state index in [-0.39, 0.29) is 11.5 Å². The van der Waals surface area contributed by atoms with E-state index in [2.05, 4.69) is 65.0 Å². The highest BCUT2D eigenvalue weighted by Gasteiger charge is 2.24. The van der Waals surface area contributed by atoms with Crippen molar-refractivity contribution in [3.05, 3.63) is 12.2 Å². The molecule has 132 valence electrons. The topological polar surface area (TPSA) is 76.4 Å². The third-order valence-electron chi connectivity index (χ3n) is 3.67. The van der Waals surface area contributed by atoms with Gasteiger partial charge in [-0.15, -0.1) is 10.2 Å². The SMILES string of the molecule is CCNC(=NCC(OC)C(C)(C)C)NCCn1cnnc1CC. The Hall–Kier alpha value is -1.63. The van der Waals surface area contributed by atoms with E-state index in [1.165, 1.54) is 0 Å². The van der Waals surface area contributed by atoms with Crippen molar-refractivity contribution in [3.8, 4) is 0 Å². The Bertz CT molecular complexity index is 477. The molecule has 0 radical (unpaired) electrons. The Balaban J connectivity index is 2.55. The number of guanidine groups is 1. The van der Waals surface area contributed by atoms with Gasteiger partial charge in [0.2, 0.25) is 0 Å². The van der Waals surface area contributed by atoms with Crippen LogP contribution in [0.2, 0.25) is 0 Å². The minimum Gasteiger partial charge on any atom is -0.379 e. The van der Waals surface area contributed by atoms with Crippen LogP contribution in [0.1, 0.15) is 40.4 Å². The Morgan fingerprint density at radius 1 is 1.35 bits per heavy atom. The molecule has 0 fully saturated rings. The maximum Gasteiger partial charge on any atom is 0.191 e. The predicted molar refractivity (Wildman–Crippen MR) is 93.6 cm³/mol. The molecule has 1 atom stereocenters. The lowest BCUT2D eigenvalue weighted by atomic mass is 9.89. The first-order valence-electron chi connectivity index (χ1n) is 8.34. The average molecular weight is 324 g/mol. The van der Waals surface area contributed by atoms with E-state index in [0.29, 0.717) is 6.54 Å². The number of nitrogens with one attached hydrogen (secondary N) is 2. The fourth-order valence-electron chi connectivity index (χ4n) is 2.25. The molecule has 0 saturated heterocycles. The second-order valence-electron chi connectivity index (χ2n) is 6.53. The highest BCUT2D eigenvalue weighted by molar-refractivity contribution is 5.79. The van der Waals surface area contributed by atoms with Gasteiger partial charge >= 0.3 is 0 Å². The van der Waals surface area contributed by atoms with E-state index in [9.17, 15) is 0 Å². The van der Waals surface area contributed by atoms with Crippen LogP contribution in [-0.4, -0.2) is 53.6 Å². The van der Waals surface area contributed by atoms with Gasteiger partial charge in [0.05, 0.1) is 12.6 Å². The van der Waals surface area contributed by atoms with Crippen molar-refractivity contribution >= 4 is 5.96 Å². The van der Waals surface area contributed by atoms with Gasteiger partial charge in [-0.3, -0.25) is 4.99 Å². The number of aliphatic imine (C=N–C) groups is 1. The van der Waals surface area contributed by atoms with Crippen LogP contribution in [0.4, 0.5) is 0 Å². The Kier molecular flexibility index (Phi) is 8.02. The standard InChI is InChI=1S/C16H32N6O/c1-7-14-21-20-12-22(14)10-9-18-15(17-8-2)19-11-13(23-6)16(3,4)5/h12-13H,7-11H2,1-6H3,(H2,17,18,19). The summed E-state index contributed by atoms with van der Waals surface area (Å²) in [6.45, 7) is 13.7. The van der Waals surface area contributed by atoms with Gasteiger partial charge in [-0.2, -0.15) is 0 Å². The molecule has 0 aliphatic heterocycles. The van der Waals surface area contributed by atoms with E-state index in [4.69, 9.17) is 4.74 Å². The van der Waals surface area contributed by atoms with Gasteiger partial charge in [0.15, 0.2) is 5.96 Å². The summed E-state index contributed by atoms with van der Waals surface area (Å²) in [6.07, 6.45) is 2.74. The zero-order valence-corrected chi connectivity index (χ0v) is 15.4. The van der Waals surface area contributed by atoms with Crippen molar-refractivity contribution in [3.63, 3.8) is 0 Å². The van der Waals surface area contributed by atoms with Crippen molar-refractivity contribution in [1.29, 1.82) is 0 Å². The van der Waals surface area contributed by atoms with Crippen LogP contribution in [0.25, 0.3) is 0 Å². The van der Waals surface area contributed by atoms with Gasteiger partial charge in [-0.1, -0.05) is 27.7 Å². The van der Waals surface area contributed by atoms with E-state index in [0.717, 1.165) is 37.8 Å². The lowest BCUT2D eigenvalue weighted by molar-refractivity contribution is 0.0241. The highest BCUT2D eigenvalue weighted by atomic mass is 16.5. The van der Waals surface area contributed by atoms with Crippen molar-refractivity contribution < 1.29 is 4.74 Å². The molecule has 0 aromatic carbocycles. The van der Waals surface area contributed by atoms with Gasteiger partial charge in [-0.05, 0) is 12.3 Å². The van der Waals surface area contributed by atoms with E-state index < -0.39 is 0 Å². The summed E-state index contributed by atoms with van der Waals surface area (Å²) in [6, 6.07) is 0. The van der Waals surface area contributed by atoms with Crippen LogP contribution in [-0.2, 0) is 17.7 Å². The number of hydrogen-bond acceptors (Lipinski definition) is 4. The van der Waals surface area contributed by atoms with Crippen LogP contribution in [0.5, 0.6) is 0 Å². The normalized spacial score (nSPS) is 13.9. The fraction of sp³-hybridized carbons (Fsp3) is 0.812. The van der Waals surface area contributed by atoms with Gasteiger partial charge < -0.3 is 19.9 Å². The molecule has 1 rings (SSSR count). The van der Waals surface area contributed by atoms with Crippen molar-refractivity contribution in [2.24, 2.45) is 10.4 Å². The third-order valence-corrected chi connectivity index (χ3v) is 3.67. The Morgan fingerprint density at radius 3 is 2.65 bits per heavy atom. The van der Waals surface area contributed by atoms with Crippen molar-refractivity contribution in [2.45, 2.75) is 53.7 Å². The Morgan fingerprint density at radius 2 is 2.09 bits per heavy atom. The van der Waals surface area contributed by atoms with Crippen molar-refractivity contribution in [1.82, 2.24) is 25.4 Å². The van der Waals surface area contributed by atoms with Crippen molar-refractivity contribution in [2.75, 3.05) is 26.7 Å². The number of nitrogens with zero attached hydrogens (tertiary/aromatic N) is 4. The molecule has 0 bridgehead atoms. The quantitative estimate of drug-likeness (QED) is 0.559. The Labute approximate surface area is 139 Å². The molecule has 2 N–H and O–H groups in total. The number of hydrogen-bond donors (Lipinski definition) is 2. The molecule has 7 heteroatoms. The lowest BCUT2D eigenvalue weighted by Crippen LogP contribution is -2.40. The first kappa shape index (κ1) is 19.4. The average Bonchev–Trinajstić information content (AvgIpc) is 2.94. The summed E-state index contributed by atoms with van der Waals surface area (Å²) >= 11 is 0. The molecule has 1 aromatic rings. The van der Waals surface area contributed by atoms with Crippen LogP contribution in [0, 0.1) is 5.41 Å². The summed E-state index contributed by atoms with van der Waals surface area (Å²) in [5.74, 6) is 1.81. The maximum absolute atomic E-state index is 5.55. The number of aryl methyl sites for hydroxylation is 1. The van der Waals surface area contributed by atoms with E-state index in [1.807, 2.05) is 0 Å². The third kappa shape index (κ3) is 6.56. The predicted octanol–water partition coefficient (Wildman–Crippen LogP) is 1.46. The molecular weight excluding hydrogens is 292 g/mol.